The number of hydrogen-bond acceptors (Lipinski definition) is 3. The van der Waals surface area contributed by atoms with Crippen molar-refractivity contribution < 1.29 is 0 Å². The third kappa shape index (κ3) is 1.35. The Balaban J connectivity index is 2.29. The monoisotopic (exact) mass is 243 g/mol. The van der Waals surface area contributed by atoms with Crippen LogP contribution < -0.4 is 11.4 Å². The van der Waals surface area contributed by atoms with Crippen LogP contribution in [0.5, 0.6) is 0 Å². The van der Waals surface area contributed by atoms with Gasteiger partial charge in [0.2, 0.25) is 0 Å². The van der Waals surface area contributed by atoms with Gasteiger partial charge < -0.3 is 5.73 Å². The van der Waals surface area contributed by atoms with Crippen LogP contribution in [0.15, 0.2) is 29.1 Å². The van der Waals surface area contributed by atoms with Crippen LogP contribution in [-0.2, 0) is 14.1 Å². The molecule has 92 valence electrons. The zero-order chi connectivity index (χ0) is 12.9. The Morgan fingerprint density at radius 2 is 1.89 bits per heavy atom. The number of nitrogens with one attached hydrogen (secondary N) is 1. The number of H-pyrrole nitrogens is 1. The summed E-state index contributed by atoms with van der Waals surface area (Å²) in [6.45, 7) is 0. The molecule has 0 bridgehead atoms. The maximum Gasteiger partial charge on any atom is 0.328 e. The highest BCUT2D eigenvalue weighted by molar-refractivity contribution is 5.82. The SMILES string of the molecule is Cn1c(=O)n(C)c2cc(-c3cc(N)n[nH]3)ccc21. The number of fused-ring (bicyclic) bond motifs is 1. The zero-order valence-electron chi connectivity index (χ0n) is 10.1. The Hall–Kier alpha value is -2.50. The van der Waals surface area contributed by atoms with Gasteiger partial charge >= 0.3 is 5.69 Å². The minimum atomic E-state index is -0.0359. The lowest BCUT2D eigenvalue weighted by atomic mass is 10.1. The predicted octanol–water partition coefficient (Wildman–Crippen LogP) is 0.849. The first-order valence-electron chi connectivity index (χ1n) is 5.54. The molecule has 3 aromatic rings. The number of aryl methyl sites for hydroxylation is 2. The molecule has 0 aliphatic carbocycles. The first kappa shape index (κ1) is 10.6. The summed E-state index contributed by atoms with van der Waals surface area (Å²) in [7, 11) is 3.52. The van der Waals surface area contributed by atoms with E-state index in [0.29, 0.717) is 5.82 Å². The average Bonchev–Trinajstić information content (AvgIpc) is 2.89. The summed E-state index contributed by atoms with van der Waals surface area (Å²) < 4.78 is 3.25. The van der Waals surface area contributed by atoms with E-state index in [1.807, 2.05) is 18.2 Å². The Kier molecular flexibility index (Phi) is 2.07. The summed E-state index contributed by atoms with van der Waals surface area (Å²) >= 11 is 0. The van der Waals surface area contributed by atoms with Crippen molar-refractivity contribution in [1.82, 2.24) is 19.3 Å². The molecule has 6 heteroatoms. The van der Waals surface area contributed by atoms with Gasteiger partial charge in [0, 0.05) is 25.7 Å². The largest absolute Gasteiger partial charge is 0.382 e. The van der Waals surface area contributed by atoms with Crippen molar-refractivity contribution in [3.8, 4) is 11.3 Å². The molecule has 0 fully saturated rings. The maximum atomic E-state index is 11.8. The van der Waals surface area contributed by atoms with Crippen LogP contribution in [0.1, 0.15) is 0 Å². The van der Waals surface area contributed by atoms with Gasteiger partial charge in [0.05, 0.1) is 16.7 Å². The highest BCUT2D eigenvalue weighted by Crippen LogP contribution is 2.22. The predicted molar refractivity (Wildman–Crippen MR) is 70.2 cm³/mol. The van der Waals surface area contributed by atoms with E-state index in [9.17, 15) is 4.79 Å². The number of aromatic nitrogens is 4. The van der Waals surface area contributed by atoms with E-state index in [1.54, 1.807) is 29.3 Å². The van der Waals surface area contributed by atoms with Crippen LogP contribution in [0.3, 0.4) is 0 Å². The summed E-state index contributed by atoms with van der Waals surface area (Å²) in [4.78, 5) is 11.8. The van der Waals surface area contributed by atoms with Crippen LogP contribution in [0.4, 0.5) is 5.82 Å². The van der Waals surface area contributed by atoms with Gasteiger partial charge in [0.1, 0.15) is 5.82 Å². The molecule has 0 spiro atoms. The number of aromatic amines is 1. The third-order valence-electron chi connectivity index (χ3n) is 3.18. The van der Waals surface area contributed by atoms with Gasteiger partial charge in [-0.05, 0) is 12.1 Å². The van der Waals surface area contributed by atoms with Crippen molar-refractivity contribution in [2.75, 3.05) is 5.73 Å². The molecule has 1 aromatic carbocycles. The number of anilines is 1. The first-order valence-corrected chi connectivity index (χ1v) is 5.54. The van der Waals surface area contributed by atoms with Crippen LogP contribution >= 0.6 is 0 Å². The fourth-order valence-electron chi connectivity index (χ4n) is 2.16. The van der Waals surface area contributed by atoms with Gasteiger partial charge in [0.25, 0.3) is 0 Å². The van der Waals surface area contributed by atoms with E-state index in [-0.39, 0.29) is 5.69 Å². The molecular formula is C12H13N5O. The van der Waals surface area contributed by atoms with Crippen LogP contribution in [0, 0.1) is 0 Å². The lowest BCUT2D eigenvalue weighted by molar-refractivity contribution is 0.795. The molecule has 2 heterocycles. The number of benzene rings is 1. The number of rotatable bonds is 1. The second-order valence-electron chi connectivity index (χ2n) is 4.31. The van der Waals surface area contributed by atoms with E-state index in [2.05, 4.69) is 10.2 Å². The first-order chi connectivity index (χ1) is 8.58. The van der Waals surface area contributed by atoms with Gasteiger partial charge in [-0.2, -0.15) is 5.10 Å². The minimum absolute atomic E-state index is 0.0359. The zero-order valence-corrected chi connectivity index (χ0v) is 10.1. The lowest BCUT2D eigenvalue weighted by Crippen LogP contribution is -2.19. The van der Waals surface area contributed by atoms with Crippen LogP contribution in [0.25, 0.3) is 22.3 Å². The highest BCUT2D eigenvalue weighted by Gasteiger charge is 2.09. The number of nitrogens with zero attached hydrogens (tertiary/aromatic N) is 3. The van der Waals surface area contributed by atoms with Crippen molar-refractivity contribution in [2.24, 2.45) is 14.1 Å². The summed E-state index contributed by atoms with van der Waals surface area (Å²) in [5.41, 5.74) is 9.12. The standard InChI is InChI=1S/C12H13N5O/c1-16-9-4-3-7(8-6-11(13)15-14-8)5-10(9)17(2)12(16)18/h3-6H,1-2H3,(H3,13,14,15). The number of nitrogen functional groups attached to an aromatic ring is 1. The number of nitrogens with two attached hydrogens (primary N) is 1. The van der Waals surface area contributed by atoms with Crippen molar-refractivity contribution in [3.63, 3.8) is 0 Å². The second kappa shape index (κ2) is 3.49. The van der Waals surface area contributed by atoms with Gasteiger partial charge in [-0.3, -0.25) is 14.2 Å². The van der Waals surface area contributed by atoms with Gasteiger partial charge in [-0.1, -0.05) is 6.07 Å². The molecule has 0 amide bonds. The highest BCUT2D eigenvalue weighted by atomic mass is 16.1. The van der Waals surface area contributed by atoms with Crippen molar-refractivity contribution >= 4 is 16.9 Å². The minimum Gasteiger partial charge on any atom is -0.382 e. The summed E-state index contributed by atoms with van der Waals surface area (Å²) in [5.74, 6) is 0.451. The molecule has 0 aliphatic rings. The van der Waals surface area contributed by atoms with Gasteiger partial charge in [-0.25, -0.2) is 4.79 Å². The average molecular weight is 243 g/mol. The van der Waals surface area contributed by atoms with Crippen LogP contribution in [0.2, 0.25) is 0 Å². The Morgan fingerprint density at radius 3 is 2.56 bits per heavy atom. The maximum absolute atomic E-state index is 11.8. The molecule has 0 unspecified atom stereocenters. The van der Waals surface area contributed by atoms with Crippen molar-refractivity contribution in [2.45, 2.75) is 0 Å². The molecule has 0 saturated heterocycles. The Morgan fingerprint density at radius 1 is 1.17 bits per heavy atom. The van der Waals surface area contributed by atoms with E-state index in [4.69, 9.17) is 5.73 Å². The fourth-order valence-corrected chi connectivity index (χ4v) is 2.16. The fraction of sp³-hybridized carbons (Fsp3) is 0.167. The molecule has 6 nitrogen and oxygen atoms in total. The second-order valence-corrected chi connectivity index (χ2v) is 4.31. The molecule has 0 saturated carbocycles. The quantitative estimate of drug-likeness (QED) is 0.664. The number of hydrogen-bond donors (Lipinski definition) is 2. The molecule has 0 radical (unpaired) electrons. The van der Waals surface area contributed by atoms with E-state index >= 15 is 0 Å². The lowest BCUT2D eigenvalue weighted by Gasteiger charge is -1.99. The van der Waals surface area contributed by atoms with E-state index in [0.717, 1.165) is 22.3 Å². The third-order valence-corrected chi connectivity index (χ3v) is 3.18. The van der Waals surface area contributed by atoms with E-state index in [1.165, 1.54) is 0 Å². The summed E-state index contributed by atoms with van der Waals surface area (Å²) in [6.07, 6.45) is 0. The topological polar surface area (TPSA) is 81.6 Å². The summed E-state index contributed by atoms with van der Waals surface area (Å²) in [5, 5.41) is 6.76. The van der Waals surface area contributed by atoms with Crippen molar-refractivity contribution in [3.05, 3.63) is 34.7 Å². The van der Waals surface area contributed by atoms with E-state index < -0.39 is 0 Å². The van der Waals surface area contributed by atoms with Crippen LogP contribution in [-0.4, -0.2) is 19.3 Å². The molecular weight excluding hydrogens is 230 g/mol. The normalized spacial score (nSPS) is 11.2. The summed E-state index contributed by atoms with van der Waals surface area (Å²) in [6, 6.07) is 7.57. The Labute approximate surface area is 103 Å². The number of imidazole rings is 1. The molecule has 3 N–H and O–H groups in total. The molecule has 2 aromatic heterocycles. The van der Waals surface area contributed by atoms with Gasteiger partial charge in [-0.15, -0.1) is 0 Å². The molecule has 0 atom stereocenters. The van der Waals surface area contributed by atoms with Crippen molar-refractivity contribution in [1.29, 1.82) is 0 Å². The molecule has 0 aliphatic heterocycles. The molecule has 3 rings (SSSR count). The Bertz CT molecular complexity index is 793. The molecule has 18 heavy (non-hydrogen) atoms. The smallest absolute Gasteiger partial charge is 0.328 e. The van der Waals surface area contributed by atoms with Gasteiger partial charge in [0.15, 0.2) is 0 Å².